The highest BCUT2D eigenvalue weighted by atomic mass is 16.2. The SMILES string of the molecule is C=CC(=O)N1CCN(CCC(=O)NC2CC2)CC1. The zero-order valence-corrected chi connectivity index (χ0v) is 10.7. The monoisotopic (exact) mass is 251 g/mol. The lowest BCUT2D eigenvalue weighted by molar-refractivity contribution is -0.128. The number of amides is 2. The summed E-state index contributed by atoms with van der Waals surface area (Å²) in [7, 11) is 0. The summed E-state index contributed by atoms with van der Waals surface area (Å²) in [6, 6.07) is 0.444. The van der Waals surface area contributed by atoms with Crippen LogP contribution in [0.2, 0.25) is 0 Å². The second-order valence-corrected chi connectivity index (χ2v) is 4.96. The van der Waals surface area contributed by atoms with Gasteiger partial charge in [0.1, 0.15) is 0 Å². The average Bonchev–Trinajstić information content (AvgIpc) is 3.20. The standard InChI is InChI=1S/C13H21N3O2/c1-2-13(18)16-9-7-15(8-10-16)6-5-12(17)14-11-3-4-11/h2,11H,1,3-10H2,(H,14,17). The van der Waals surface area contributed by atoms with E-state index in [1.165, 1.54) is 6.08 Å². The molecule has 0 radical (unpaired) electrons. The number of carbonyl (C=O) groups is 2. The van der Waals surface area contributed by atoms with E-state index < -0.39 is 0 Å². The van der Waals surface area contributed by atoms with Gasteiger partial charge in [0, 0.05) is 45.2 Å². The molecule has 18 heavy (non-hydrogen) atoms. The Morgan fingerprint density at radius 3 is 2.44 bits per heavy atom. The van der Waals surface area contributed by atoms with Crippen molar-refractivity contribution in [2.75, 3.05) is 32.7 Å². The fourth-order valence-electron chi connectivity index (χ4n) is 2.11. The fraction of sp³-hybridized carbons (Fsp3) is 0.692. The summed E-state index contributed by atoms with van der Waals surface area (Å²) >= 11 is 0. The third kappa shape index (κ3) is 3.84. The third-order valence-corrected chi connectivity index (χ3v) is 3.46. The van der Waals surface area contributed by atoms with Crippen molar-refractivity contribution in [1.82, 2.24) is 15.1 Å². The van der Waals surface area contributed by atoms with Gasteiger partial charge in [-0.1, -0.05) is 6.58 Å². The highest BCUT2D eigenvalue weighted by Gasteiger charge is 2.24. The first-order valence-electron chi connectivity index (χ1n) is 6.62. The number of piperazine rings is 1. The smallest absolute Gasteiger partial charge is 0.246 e. The number of nitrogens with one attached hydrogen (secondary N) is 1. The van der Waals surface area contributed by atoms with Gasteiger partial charge in [-0.2, -0.15) is 0 Å². The van der Waals surface area contributed by atoms with E-state index in [-0.39, 0.29) is 11.8 Å². The molecule has 5 heteroatoms. The van der Waals surface area contributed by atoms with Crippen LogP contribution in [-0.4, -0.2) is 60.4 Å². The van der Waals surface area contributed by atoms with Crippen LogP contribution in [0.3, 0.4) is 0 Å². The Hall–Kier alpha value is -1.36. The minimum Gasteiger partial charge on any atom is -0.353 e. The zero-order valence-electron chi connectivity index (χ0n) is 10.7. The van der Waals surface area contributed by atoms with E-state index in [0.29, 0.717) is 12.5 Å². The minimum absolute atomic E-state index is 0.00104. The van der Waals surface area contributed by atoms with E-state index >= 15 is 0 Å². The minimum atomic E-state index is 0.00104. The fourth-order valence-corrected chi connectivity index (χ4v) is 2.11. The maximum atomic E-state index is 11.5. The summed E-state index contributed by atoms with van der Waals surface area (Å²) in [5.74, 6) is 0.156. The molecule has 5 nitrogen and oxygen atoms in total. The van der Waals surface area contributed by atoms with Crippen molar-refractivity contribution in [3.05, 3.63) is 12.7 Å². The summed E-state index contributed by atoms with van der Waals surface area (Å²) in [4.78, 5) is 27.0. The maximum Gasteiger partial charge on any atom is 0.246 e. The Bertz CT molecular complexity index is 331. The normalized spacial score (nSPS) is 20.6. The summed E-state index contributed by atoms with van der Waals surface area (Å²) < 4.78 is 0. The van der Waals surface area contributed by atoms with Crippen LogP contribution in [0.15, 0.2) is 12.7 Å². The molecule has 2 aliphatic rings. The Kier molecular flexibility index (Phi) is 4.36. The number of carbonyl (C=O) groups excluding carboxylic acids is 2. The molecule has 0 aromatic heterocycles. The molecule has 2 rings (SSSR count). The molecule has 1 aliphatic carbocycles. The van der Waals surface area contributed by atoms with Crippen molar-refractivity contribution in [2.45, 2.75) is 25.3 Å². The molecule has 0 bridgehead atoms. The predicted octanol–water partition coefficient (Wildman–Crippen LogP) is -0.0147. The lowest BCUT2D eigenvalue weighted by atomic mass is 10.2. The van der Waals surface area contributed by atoms with Crippen molar-refractivity contribution < 1.29 is 9.59 Å². The molecule has 1 aliphatic heterocycles. The Morgan fingerprint density at radius 2 is 1.89 bits per heavy atom. The second kappa shape index (κ2) is 6.00. The van der Waals surface area contributed by atoms with Crippen LogP contribution in [-0.2, 0) is 9.59 Å². The van der Waals surface area contributed by atoms with Crippen LogP contribution in [0.4, 0.5) is 0 Å². The van der Waals surface area contributed by atoms with Crippen LogP contribution >= 0.6 is 0 Å². The Balaban J connectivity index is 1.62. The molecule has 0 aromatic rings. The molecule has 1 saturated heterocycles. The van der Waals surface area contributed by atoms with Gasteiger partial charge in [0.25, 0.3) is 0 Å². The van der Waals surface area contributed by atoms with E-state index in [1.54, 1.807) is 4.90 Å². The molecule has 0 aromatic carbocycles. The highest BCUT2D eigenvalue weighted by Crippen LogP contribution is 2.18. The van der Waals surface area contributed by atoms with Gasteiger partial charge in [-0.15, -0.1) is 0 Å². The Morgan fingerprint density at radius 1 is 1.22 bits per heavy atom. The molecule has 0 spiro atoms. The number of nitrogens with zero attached hydrogens (tertiary/aromatic N) is 2. The molecule has 2 amide bonds. The van der Waals surface area contributed by atoms with Gasteiger partial charge in [-0.25, -0.2) is 0 Å². The van der Waals surface area contributed by atoms with Crippen molar-refractivity contribution in [3.8, 4) is 0 Å². The van der Waals surface area contributed by atoms with Gasteiger partial charge in [-0.3, -0.25) is 14.5 Å². The molecule has 100 valence electrons. The average molecular weight is 251 g/mol. The van der Waals surface area contributed by atoms with Crippen molar-refractivity contribution >= 4 is 11.8 Å². The molecular weight excluding hydrogens is 230 g/mol. The van der Waals surface area contributed by atoms with E-state index in [0.717, 1.165) is 45.6 Å². The third-order valence-electron chi connectivity index (χ3n) is 3.46. The maximum absolute atomic E-state index is 11.5. The van der Waals surface area contributed by atoms with Gasteiger partial charge in [-0.05, 0) is 18.9 Å². The number of hydrogen-bond donors (Lipinski definition) is 1. The highest BCUT2D eigenvalue weighted by molar-refractivity contribution is 5.87. The molecule has 1 N–H and O–H groups in total. The van der Waals surface area contributed by atoms with Crippen LogP contribution in [0.5, 0.6) is 0 Å². The van der Waals surface area contributed by atoms with Crippen LogP contribution in [0.25, 0.3) is 0 Å². The van der Waals surface area contributed by atoms with Gasteiger partial charge in [0.05, 0.1) is 0 Å². The van der Waals surface area contributed by atoms with Gasteiger partial charge in [0.15, 0.2) is 0 Å². The van der Waals surface area contributed by atoms with E-state index in [9.17, 15) is 9.59 Å². The second-order valence-electron chi connectivity index (χ2n) is 4.96. The summed E-state index contributed by atoms with van der Waals surface area (Å²) in [5.41, 5.74) is 0. The Labute approximate surface area is 108 Å². The first kappa shape index (κ1) is 13.1. The summed E-state index contributed by atoms with van der Waals surface area (Å²) in [5, 5.41) is 2.99. The summed E-state index contributed by atoms with van der Waals surface area (Å²) in [6.45, 7) is 7.43. The van der Waals surface area contributed by atoms with Gasteiger partial charge >= 0.3 is 0 Å². The first-order valence-corrected chi connectivity index (χ1v) is 6.62. The lowest BCUT2D eigenvalue weighted by Gasteiger charge is -2.34. The van der Waals surface area contributed by atoms with Crippen LogP contribution in [0, 0.1) is 0 Å². The van der Waals surface area contributed by atoms with Crippen molar-refractivity contribution in [3.63, 3.8) is 0 Å². The molecular formula is C13H21N3O2. The molecule has 0 atom stereocenters. The van der Waals surface area contributed by atoms with Crippen LogP contribution in [0.1, 0.15) is 19.3 Å². The van der Waals surface area contributed by atoms with Gasteiger partial charge in [0.2, 0.25) is 11.8 Å². The molecule has 2 fully saturated rings. The predicted molar refractivity (Wildman–Crippen MR) is 69.0 cm³/mol. The van der Waals surface area contributed by atoms with E-state index in [4.69, 9.17) is 0 Å². The van der Waals surface area contributed by atoms with E-state index in [1.807, 2.05) is 0 Å². The van der Waals surface area contributed by atoms with Crippen molar-refractivity contribution in [1.29, 1.82) is 0 Å². The largest absolute Gasteiger partial charge is 0.353 e. The van der Waals surface area contributed by atoms with Crippen molar-refractivity contribution in [2.24, 2.45) is 0 Å². The number of rotatable bonds is 5. The number of hydrogen-bond acceptors (Lipinski definition) is 3. The molecule has 1 saturated carbocycles. The first-order chi connectivity index (χ1) is 8.69. The molecule has 1 heterocycles. The quantitative estimate of drug-likeness (QED) is 0.699. The zero-order chi connectivity index (χ0) is 13.0. The van der Waals surface area contributed by atoms with E-state index in [2.05, 4.69) is 16.8 Å². The lowest BCUT2D eigenvalue weighted by Crippen LogP contribution is -2.48. The summed E-state index contributed by atoms with van der Waals surface area (Å²) in [6.07, 6.45) is 4.19. The topological polar surface area (TPSA) is 52.7 Å². The van der Waals surface area contributed by atoms with Gasteiger partial charge < -0.3 is 10.2 Å². The van der Waals surface area contributed by atoms with Crippen LogP contribution < -0.4 is 5.32 Å². The molecule has 0 unspecified atom stereocenters.